The molecule has 0 saturated heterocycles. The number of carbonyl (C=O) groups excluding carboxylic acids is 2. The molecule has 0 unspecified atom stereocenters. The van der Waals surface area contributed by atoms with Gasteiger partial charge in [-0.2, -0.15) is 10.2 Å². The number of hydrazone groups is 2. The van der Waals surface area contributed by atoms with Crippen LogP contribution in [0.4, 0.5) is 0 Å². The molecule has 0 bridgehead atoms. The highest BCUT2D eigenvalue weighted by molar-refractivity contribution is 5.99. The third-order valence-electron chi connectivity index (χ3n) is 4.69. The quantitative estimate of drug-likeness (QED) is 0.371. The van der Waals surface area contributed by atoms with Crippen molar-refractivity contribution in [2.75, 3.05) is 0 Å². The number of carbonyl (C=O) groups is 2. The molecule has 0 spiro atoms. The lowest BCUT2D eigenvalue weighted by Gasteiger charge is -2.05. The first-order chi connectivity index (χ1) is 14.3. The average molecular weight is 407 g/mol. The topological polar surface area (TPSA) is 82.9 Å². The summed E-state index contributed by atoms with van der Waals surface area (Å²) in [7, 11) is 0. The Balaban J connectivity index is 1.66. The Kier molecular flexibility index (Phi) is 8.94. The van der Waals surface area contributed by atoms with Gasteiger partial charge in [0.1, 0.15) is 0 Å². The molecule has 158 valence electrons. The fourth-order valence-corrected chi connectivity index (χ4v) is 2.69. The maximum absolute atomic E-state index is 11.9. The zero-order valence-electron chi connectivity index (χ0n) is 18.2. The Morgan fingerprint density at radius 1 is 0.667 bits per heavy atom. The summed E-state index contributed by atoms with van der Waals surface area (Å²) >= 11 is 0. The highest BCUT2D eigenvalue weighted by atomic mass is 16.2. The van der Waals surface area contributed by atoms with Crippen LogP contribution in [0.1, 0.15) is 61.8 Å². The first kappa shape index (κ1) is 23.0. The van der Waals surface area contributed by atoms with Crippen molar-refractivity contribution >= 4 is 23.2 Å². The van der Waals surface area contributed by atoms with Crippen molar-refractivity contribution in [1.29, 1.82) is 0 Å². The second kappa shape index (κ2) is 11.7. The monoisotopic (exact) mass is 406 g/mol. The molecule has 0 radical (unpaired) electrons. The van der Waals surface area contributed by atoms with E-state index in [9.17, 15) is 9.59 Å². The van der Waals surface area contributed by atoms with Gasteiger partial charge in [0.05, 0.1) is 11.4 Å². The van der Waals surface area contributed by atoms with Crippen LogP contribution >= 0.6 is 0 Å². The molecule has 6 nitrogen and oxygen atoms in total. The van der Waals surface area contributed by atoms with E-state index in [-0.39, 0.29) is 11.8 Å². The van der Waals surface area contributed by atoms with Crippen molar-refractivity contribution in [2.45, 2.75) is 53.4 Å². The van der Waals surface area contributed by atoms with Gasteiger partial charge in [0.2, 0.25) is 11.8 Å². The van der Waals surface area contributed by atoms with Gasteiger partial charge in [-0.25, -0.2) is 10.9 Å². The van der Waals surface area contributed by atoms with Crippen molar-refractivity contribution in [3.63, 3.8) is 0 Å². The minimum absolute atomic E-state index is 0.157. The van der Waals surface area contributed by atoms with Gasteiger partial charge in [0, 0.05) is 12.8 Å². The maximum atomic E-state index is 11.9. The van der Waals surface area contributed by atoms with Gasteiger partial charge < -0.3 is 0 Å². The summed E-state index contributed by atoms with van der Waals surface area (Å²) < 4.78 is 0. The number of unbranched alkanes of at least 4 members (excludes halogenated alkanes) is 1. The van der Waals surface area contributed by atoms with Crippen molar-refractivity contribution in [3.8, 4) is 0 Å². The standard InChI is InChI=1S/C24H30N4O2/c1-17-9-13-21(14-10-17)19(3)25-27-23(29)7-5-6-8-24(30)28-26-20(4)22-15-11-18(2)12-16-22/h9-16H,5-8H2,1-4H3,(H,27,29)(H,28,30)/b25-19+,26-20+. The number of hydrogen-bond donors (Lipinski definition) is 2. The molecule has 2 N–H and O–H groups in total. The van der Waals surface area contributed by atoms with E-state index in [2.05, 4.69) is 21.1 Å². The highest BCUT2D eigenvalue weighted by Crippen LogP contribution is 2.06. The zero-order valence-corrected chi connectivity index (χ0v) is 18.2. The Bertz CT molecular complexity index is 836. The fourth-order valence-electron chi connectivity index (χ4n) is 2.69. The zero-order chi connectivity index (χ0) is 21.9. The molecular formula is C24H30N4O2. The van der Waals surface area contributed by atoms with Gasteiger partial charge in [-0.15, -0.1) is 0 Å². The maximum Gasteiger partial charge on any atom is 0.240 e. The van der Waals surface area contributed by atoms with Crippen LogP contribution < -0.4 is 10.9 Å². The van der Waals surface area contributed by atoms with Crippen LogP contribution in [0.3, 0.4) is 0 Å². The summed E-state index contributed by atoms with van der Waals surface area (Å²) in [5.74, 6) is -0.315. The van der Waals surface area contributed by atoms with Crippen LogP contribution in [0.5, 0.6) is 0 Å². The van der Waals surface area contributed by atoms with Crippen LogP contribution in [0.15, 0.2) is 58.7 Å². The van der Waals surface area contributed by atoms with Crippen molar-refractivity contribution < 1.29 is 9.59 Å². The first-order valence-corrected chi connectivity index (χ1v) is 10.2. The Morgan fingerprint density at radius 3 is 1.33 bits per heavy atom. The molecule has 0 fully saturated rings. The van der Waals surface area contributed by atoms with Crippen molar-refractivity contribution in [2.24, 2.45) is 10.2 Å². The van der Waals surface area contributed by atoms with Gasteiger partial charge in [-0.3, -0.25) is 9.59 Å². The molecule has 6 heteroatoms. The molecular weight excluding hydrogens is 376 g/mol. The van der Waals surface area contributed by atoms with Crippen LogP contribution in [0.2, 0.25) is 0 Å². The summed E-state index contributed by atoms with van der Waals surface area (Å²) in [5.41, 5.74) is 10.9. The van der Waals surface area contributed by atoms with Crippen LogP contribution in [-0.2, 0) is 9.59 Å². The number of nitrogens with one attached hydrogen (secondary N) is 2. The molecule has 0 aliphatic heterocycles. The number of amides is 2. The first-order valence-electron chi connectivity index (χ1n) is 10.2. The lowest BCUT2D eigenvalue weighted by Crippen LogP contribution is -2.20. The summed E-state index contributed by atoms with van der Waals surface area (Å²) in [6.45, 7) is 7.76. The minimum Gasteiger partial charge on any atom is -0.273 e. The molecule has 2 aromatic carbocycles. The van der Waals surface area contributed by atoms with Crippen molar-refractivity contribution in [3.05, 3.63) is 70.8 Å². The number of nitrogens with zero attached hydrogens (tertiary/aromatic N) is 2. The predicted octanol–water partition coefficient (Wildman–Crippen LogP) is 4.24. The summed E-state index contributed by atoms with van der Waals surface area (Å²) in [6.07, 6.45) is 1.87. The van der Waals surface area contributed by atoms with Crippen molar-refractivity contribution in [1.82, 2.24) is 10.9 Å². The lowest BCUT2D eigenvalue weighted by atomic mass is 10.1. The highest BCUT2D eigenvalue weighted by Gasteiger charge is 2.05. The largest absolute Gasteiger partial charge is 0.273 e. The van der Waals surface area contributed by atoms with E-state index in [1.54, 1.807) is 0 Å². The van der Waals surface area contributed by atoms with Crippen LogP contribution in [-0.4, -0.2) is 23.2 Å². The van der Waals surface area contributed by atoms with E-state index < -0.39 is 0 Å². The van der Waals surface area contributed by atoms with Gasteiger partial charge in [0.15, 0.2) is 0 Å². The van der Waals surface area contributed by atoms with Gasteiger partial charge in [-0.05, 0) is 51.7 Å². The molecule has 30 heavy (non-hydrogen) atoms. The van der Waals surface area contributed by atoms with Gasteiger partial charge in [0.25, 0.3) is 0 Å². The number of rotatable bonds is 9. The Morgan fingerprint density at radius 2 is 1.00 bits per heavy atom. The minimum atomic E-state index is -0.157. The van der Waals surface area contributed by atoms with E-state index in [1.807, 2.05) is 76.2 Å². The summed E-state index contributed by atoms with van der Waals surface area (Å²) in [5, 5.41) is 8.28. The van der Waals surface area contributed by atoms with E-state index in [4.69, 9.17) is 0 Å². The third kappa shape index (κ3) is 7.99. The number of aryl methyl sites for hydroxylation is 2. The Labute approximate surface area is 178 Å². The lowest BCUT2D eigenvalue weighted by molar-refractivity contribution is -0.123. The molecule has 0 atom stereocenters. The van der Waals surface area contributed by atoms with E-state index >= 15 is 0 Å². The normalized spacial score (nSPS) is 11.9. The third-order valence-corrected chi connectivity index (χ3v) is 4.69. The van der Waals surface area contributed by atoms with Crippen LogP contribution in [0.25, 0.3) is 0 Å². The fraction of sp³-hybridized carbons (Fsp3) is 0.333. The number of benzene rings is 2. The molecule has 0 aromatic heterocycles. The Hall–Kier alpha value is -3.28. The summed E-state index contributed by atoms with van der Waals surface area (Å²) in [4.78, 5) is 23.9. The average Bonchev–Trinajstić information content (AvgIpc) is 2.74. The molecule has 2 rings (SSSR count). The van der Waals surface area contributed by atoms with Gasteiger partial charge in [-0.1, -0.05) is 59.7 Å². The molecule has 0 aliphatic carbocycles. The summed E-state index contributed by atoms with van der Waals surface area (Å²) in [6, 6.07) is 15.9. The smallest absolute Gasteiger partial charge is 0.240 e. The molecule has 2 amide bonds. The second-order valence-corrected chi connectivity index (χ2v) is 7.40. The van der Waals surface area contributed by atoms with E-state index in [0.717, 1.165) is 22.6 Å². The van der Waals surface area contributed by atoms with Crippen LogP contribution in [0, 0.1) is 13.8 Å². The van der Waals surface area contributed by atoms with E-state index in [1.165, 1.54) is 11.1 Å². The van der Waals surface area contributed by atoms with E-state index in [0.29, 0.717) is 25.7 Å². The molecule has 0 aliphatic rings. The SMILES string of the molecule is C/C(=N\NC(=O)CCCCC(=O)N/N=C(\C)c1ccc(C)cc1)c1ccc(C)cc1. The van der Waals surface area contributed by atoms with Gasteiger partial charge >= 0.3 is 0 Å². The number of hydrogen-bond acceptors (Lipinski definition) is 4. The molecule has 0 saturated carbocycles. The second-order valence-electron chi connectivity index (χ2n) is 7.40. The predicted molar refractivity (Wildman–Crippen MR) is 122 cm³/mol. The molecule has 2 aromatic rings. The molecule has 0 heterocycles.